The van der Waals surface area contributed by atoms with Crippen molar-refractivity contribution in [3.8, 4) is 5.75 Å². The first-order valence-corrected chi connectivity index (χ1v) is 12.9. The molecule has 226 valence electrons. The third-order valence-corrected chi connectivity index (χ3v) is 7.65. The van der Waals surface area contributed by atoms with Gasteiger partial charge >= 0.3 is 6.18 Å². The summed E-state index contributed by atoms with van der Waals surface area (Å²) in [6.07, 6.45) is -7.56. The average molecular weight is 592 g/mol. The van der Waals surface area contributed by atoms with Crippen molar-refractivity contribution in [1.29, 1.82) is 0 Å². The number of rotatable bonds is 10. The van der Waals surface area contributed by atoms with Crippen LogP contribution in [-0.4, -0.2) is 84.9 Å². The standard InChI is InChI=1S/C27H31F6N3O5/c1-14-21(17-4-5-18(29)22(30)23(17)40-9-8-36-11-15(28)12-36)24(41-26(14,2)27(31,32)33)25(38)35-16-6-7-34-19(10-16)20(37)13-39-3/h4-7,10,14-15,20-21,24,37H,8-9,11-13H2,1-3H3,(H,34,35,38)/t14-,20+,21-,24+,26+/m0/s1. The van der Waals surface area contributed by atoms with E-state index in [9.17, 15) is 31.9 Å². The molecule has 8 nitrogen and oxygen atoms in total. The molecule has 0 bridgehead atoms. The van der Waals surface area contributed by atoms with Gasteiger partial charge in [0.1, 0.15) is 25.0 Å². The van der Waals surface area contributed by atoms with Gasteiger partial charge in [-0.25, -0.2) is 8.78 Å². The van der Waals surface area contributed by atoms with E-state index in [1.54, 1.807) is 4.90 Å². The summed E-state index contributed by atoms with van der Waals surface area (Å²) in [6, 6.07) is 4.51. The van der Waals surface area contributed by atoms with E-state index in [0.717, 1.165) is 19.1 Å². The Bertz CT molecular complexity index is 1240. The molecule has 2 aliphatic rings. The van der Waals surface area contributed by atoms with Crippen molar-refractivity contribution in [2.45, 2.75) is 49.9 Å². The maximum Gasteiger partial charge on any atom is 0.417 e. The highest BCUT2D eigenvalue weighted by Crippen LogP contribution is 2.55. The fourth-order valence-electron chi connectivity index (χ4n) is 5.11. The van der Waals surface area contributed by atoms with Gasteiger partial charge in [0.2, 0.25) is 5.82 Å². The minimum atomic E-state index is -4.92. The molecule has 2 aliphatic heterocycles. The van der Waals surface area contributed by atoms with Crippen molar-refractivity contribution in [2.75, 3.05) is 45.3 Å². The summed E-state index contributed by atoms with van der Waals surface area (Å²) in [5.74, 6) is -7.19. The number of alkyl halides is 4. The van der Waals surface area contributed by atoms with Crippen LogP contribution in [0.3, 0.4) is 0 Å². The zero-order valence-electron chi connectivity index (χ0n) is 22.6. The summed E-state index contributed by atoms with van der Waals surface area (Å²) in [4.78, 5) is 19.1. The predicted octanol–water partition coefficient (Wildman–Crippen LogP) is 4.15. The highest BCUT2D eigenvalue weighted by atomic mass is 19.4. The van der Waals surface area contributed by atoms with Crippen molar-refractivity contribution in [2.24, 2.45) is 5.92 Å². The number of amides is 1. The highest BCUT2D eigenvalue weighted by Gasteiger charge is 2.66. The largest absolute Gasteiger partial charge is 0.489 e. The molecule has 0 radical (unpaired) electrons. The lowest BCUT2D eigenvalue weighted by Gasteiger charge is -2.34. The van der Waals surface area contributed by atoms with E-state index in [1.165, 1.54) is 32.4 Å². The molecule has 3 heterocycles. The molecule has 1 amide bonds. The number of aliphatic hydroxyl groups is 1. The number of carbonyl (C=O) groups is 1. The molecule has 1 aromatic carbocycles. The normalized spacial score (nSPS) is 26.0. The monoisotopic (exact) mass is 591 g/mol. The number of hydrogen-bond acceptors (Lipinski definition) is 7. The van der Waals surface area contributed by atoms with E-state index in [0.29, 0.717) is 0 Å². The van der Waals surface area contributed by atoms with Gasteiger partial charge in [-0.2, -0.15) is 17.6 Å². The molecule has 1 aromatic heterocycles. The first-order valence-electron chi connectivity index (χ1n) is 12.9. The quantitative estimate of drug-likeness (QED) is 0.401. The number of ether oxygens (including phenoxy) is 3. The number of nitrogens with one attached hydrogen (secondary N) is 1. The maximum absolute atomic E-state index is 15.0. The molecule has 2 aromatic rings. The SMILES string of the molecule is COC[C@@H](O)c1cc(NC(=O)[C@@H]2O[C@@](C)(C(F)(F)F)[C@@H](C)[C@H]2c2ccc(F)c(F)c2OCCN2CC(F)C2)ccn1. The molecule has 41 heavy (non-hydrogen) atoms. The van der Waals surface area contributed by atoms with Crippen LogP contribution in [0.25, 0.3) is 0 Å². The van der Waals surface area contributed by atoms with E-state index in [1.807, 2.05) is 0 Å². The summed E-state index contributed by atoms with van der Waals surface area (Å²) in [5, 5.41) is 12.6. The molecule has 0 saturated carbocycles. The average Bonchev–Trinajstić information content (AvgIpc) is 3.17. The molecule has 2 saturated heterocycles. The molecule has 4 rings (SSSR count). The van der Waals surface area contributed by atoms with Crippen LogP contribution in [0.4, 0.5) is 32.0 Å². The second kappa shape index (κ2) is 12.1. The van der Waals surface area contributed by atoms with E-state index >= 15 is 4.39 Å². The fraction of sp³-hybridized carbons (Fsp3) is 0.556. The number of aromatic nitrogens is 1. The van der Waals surface area contributed by atoms with E-state index in [-0.39, 0.29) is 49.8 Å². The Hall–Kier alpha value is -2.94. The molecule has 0 aliphatic carbocycles. The molecule has 2 N–H and O–H groups in total. The lowest BCUT2D eigenvalue weighted by molar-refractivity contribution is -0.272. The van der Waals surface area contributed by atoms with E-state index < -0.39 is 65.3 Å². The van der Waals surface area contributed by atoms with Gasteiger partial charge in [-0.15, -0.1) is 0 Å². The van der Waals surface area contributed by atoms with Crippen LogP contribution in [0.2, 0.25) is 0 Å². The molecule has 0 unspecified atom stereocenters. The van der Waals surface area contributed by atoms with E-state index in [2.05, 4.69) is 10.3 Å². The molecular formula is C27H31F6N3O5. The Labute approximate surface area is 232 Å². The predicted molar refractivity (Wildman–Crippen MR) is 134 cm³/mol. The summed E-state index contributed by atoms with van der Waals surface area (Å²) >= 11 is 0. The smallest absolute Gasteiger partial charge is 0.417 e. The summed E-state index contributed by atoms with van der Waals surface area (Å²) in [7, 11) is 1.37. The number of methoxy groups -OCH3 is 1. The van der Waals surface area contributed by atoms with Gasteiger partial charge in [-0.1, -0.05) is 13.0 Å². The van der Waals surface area contributed by atoms with Gasteiger partial charge in [0.15, 0.2) is 17.2 Å². The Balaban J connectivity index is 1.66. The lowest BCUT2D eigenvalue weighted by Crippen LogP contribution is -2.49. The van der Waals surface area contributed by atoms with Crippen LogP contribution in [0.5, 0.6) is 5.75 Å². The van der Waals surface area contributed by atoms with Gasteiger partial charge in [-0.05, 0) is 25.1 Å². The number of hydrogen-bond donors (Lipinski definition) is 2. The number of benzene rings is 1. The number of aliphatic hydroxyl groups excluding tert-OH is 1. The Kier molecular flexibility index (Phi) is 9.16. The zero-order chi connectivity index (χ0) is 30.1. The molecule has 5 atom stereocenters. The summed E-state index contributed by atoms with van der Waals surface area (Å²) < 4.78 is 101. The number of anilines is 1. The molecule has 14 heteroatoms. The number of pyridine rings is 1. The van der Waals surface area contributed by atoms with Crippen molar-refractivity contribution in [1.82, 2.24) is 9.88 Å². The fourth-order valence-corrected chi connectivity index (χ4v) is 5.11. The topological polar surface area (TPSA) is 93.2 Å². The van der Waals surface area contributed by atoms with Gasteiger partial charge in [-0.3, -0.25) is 14.7 Å². The minimum Gasteiger partial charge on any atom is -0.489 e. The number of likely N-dealkylation sites (tertiary alicyclic amines) is 1. The Morgan fingerprint density at radius 1 is 1.29 bits per heavy atom. The lowest BCUT2D eigenvalue weighted by atomic mass is 9.77. The Morgan fingerprint density at radius 2 is 2.00 bits per heavy atom. The van der Waals surface area contributed by atoms with Crippen molar-refractivity contribution in [3.63, 3.8) is 0 Å². The molecular weight excluding hydrogens is 560 g/mol. The third kappa shape index (κ3) is 6.30. The minimum absolute atomic E-state index is 0.0926. The van der Waals surface area contributed by atoms with Crippen LogP contribution in [0.1, 0.15) is 37.1 Å². The summed E-state index contributed by atoms with van der Waals surface area (Å²) in [6.45, 7) is 2.20. The van der Waals surface area contributed by atoms with Gasteiger partial charge in [0.05, 0.1) is 12.3 Å². The number of nitrogens with zero attached hydrogens (tertiary/aromatic N) is 2. The molecule has 2 fully saturated rings. The highest BCUT2D eigenvalue weighted by molar-refractivity contribution is 5.95. The summed E-state index contributed by atoms with van der Waals surface area (Å²) in [5.41, 5.74) is -2.76. The Morgan fingerprint density at radius 3 is 2.63 bits per heavy atom. The van der Waals surface area contributed by atoms with E-state index in [4.69, 9.17) is 14.2 Å². The van der Waals surface area contributed by atoms with Crippen LogP contribution >= 0.6 is 0 Å². The first kappa shape index (κ1) is 31.0. The second-order valence-corrected chi connectivity index (χ2v) is 10.4. The van der Waals surface area contributed by atoms with Gasteiger partial charge < -0.3 is 24.6 Å². The maximum atomic E-state index is 15.0. The number of carbonyl (C=O) groups excluding carboxylic acids is 1. The van der Waals surface area contributed by atoms with Crippen LogP contribution in [-0.2, 0) is 14.3 Å². The second-order valence-electron chi connectivity index (χ2n) is 10.4. The van der Waals surface area contributed by atoms with Crippen molar-refractivity contribution >= 4 is 11.6 Å². The first-order chi connectivity index (χ1) is 19.3. The van der Waals surface area contributed by atoms with Gasteiger partial charge in [0.25, 0.3) is 5.91 Å². The van der Waals surface area contributed by atoms with Crippen LogP contribution in [0.15, 0.2) is 30.5 Å². The van der Waals surface area contributed by atoms with Crippen LogP contribution < -0.4 is 10.1 Å². The third-order valence-electron chi connectivity index (χ3n) is 7.65. The van der Waals surface area contributed by atoms with Crippen molar-refractivity contribution < 1.29 is 50.5 Å². The van der Waals surface area contributed by atoms with Crippen molar-refractivity contribution in [3.05, 3.63) is 53.4 Å². The molecule has 0 spiro atoms. The van der Waals surface area contributed by atoms with Gasteiger partial charge in [0, 0.05) is 56.0 Å². The van der Waals surface area contributed by atoms with Crippen LogP contribution in [0, 0.1) is 17.6 Å². The number of halogens is 6. The zero-order valence-corrected chi connectivity index (χ0v) is 22.6.